The van der Waals surface area contributed by atoms with Gasteiger partial charge in [-0.2, -0.15) is 5.10 Å². The predicted molar refractivity (Wildman–Crippen MR) is 93.9 cm³/mol. The van der Waals surface area contributed by atoms with Crippen molar-refractivity contribution in [1.82, 2.24) is 19.7 Å². The molecule has 7 heteroatoms. The number of carbonyl (C=O) groups is 2. The maximum absolute atomic E-state index is 12.6. The Morgan fingerprint density at radius 1 is 1.16 bits per heavy atom. The number of aromatic nitrogens is 3. The number of pyridine rings is 1. The van der Waals surface area contributed by atoms with Crippen molar-refractivity contribution in [1.29, 1.82) is 0 Å². The summed E-state index contributed by atoms with van der Waals surface area (Å²) in [5, 5.41) is 8.28. The molecule has 1 aliphatic carbocycles. The Labute approximate surface area is 146 Å². The summed E-state index contributed by atoms with van der Waals surface area (Å²) < 4.78 is 1.74. The summed E-state index contributed by atoms with van der Waals surface area (Å²) in [6.07, 6.45) is 5.19. The molecule has 2 amide bonds. The molecule has 0 bridgehead atoms. The standard InChI is InChI=1S/C18H23N5O2/c1-11-15-9-14(10-19-16(15)22(2)21-11)20-17(24)12-5-7-23(8-6-12)18(25)13-3-4-13/h9-10,12-13H,3-8H2,1-2H3,(H,20,24). The normalized spacial score (nSPS) is 18.6. The number of hydrogen-bond donors (Lipinski definition) is 1. The fourth-order valence-electron chi connectivity index (χ4n) is 3.57. The number of anilines is 1. The Kier molecular flexibility index (Phi) is 3.94. The molecule has 0 radical (unpaired) electrons. The number of aryl methyl sites for hydroxylation is 2. The van der Waals surface area contributed by atoms with Crippen molar-refractivity contribution < 1.29 is 9.59 Å². The van der Waals surface area contributed by atoms with E-state index in [2.05, 4.69) is 15.4 Å². The molecule has 1 saturated carbocycles. The van der Waals surface area contributed by atoms with E-state index in [0.717, 1.165) is 42.4 Å². The highest BCUT2D eigenvalue weighted by atomic mass is 16.2. The molecule has 1 aliphatic heterocycles. The van der Waals surface area contributed by atoms with E-state index in [1.54, 1.807) is 10.9 Å². The average molecular weight is 341 g/mol. The molecule has 4 rings (SSSR count). The molecule has 0 aromatic carbocycles. The molecule has 0 unspecified atom stereocenters. The first-order valence-corrected chi connectivity index (χ1v) is 8.92. The van der Waals surface area contributed by atoms with Crippen LogP contribution in [0.1, 0.15) is 31.4 Å². The summed E-state index contributed by atoms with van der Waals surface area (Å²) in [6, 6.07) is 1.92. The third-order valence-electron chi connectivity index (χ3n) is 5.23. The number of amides is 2. The molecule has 0 atom stereocenters. The maximum atomic E-state index is 12.6. The highest BCUT2D eigenvalue weighted by Crippen LogP contribution is 2.32. The third-order valence-corrected chi connectivity index (χ3v) is 5.23. The molecule has 2 aliphatic rings. The van der Waals surface area contributed by atoms with Gasteiger partial charge in [-0.1, -0.05) is 0 Å². The summed E-state index contributed by atoms with van der Waals surface area (Å²) >= 11 is 0. The summed E-state index contributed by atoms with van der Waals surface area (Å²) in [5.74, 6) is 0.502. The lowest BCUT2D eigenvalue weighted by molar-refractivity contribution is -0.135. The van der Waals surface area contributed by atoms with Crippen LogP contribution in [0.4, 0.5) is 5.69 Å². The van der Waals surface area contributed by atoms with Crippen molar-refractivity contribution in [3.63, 3.8) is 0 Å². The molecule has 1 saturated heterocycles. The second-order valence-corrected chi connectivity index (χ2v) is 7.17. The van der Waals surface area contributed by atoms with Gasteiger partial charge in [-0.05, 0) is 38.7 Å². The molecule has 2 fully saturated rings. The van der Waals surface area contributed by atoms with Crippen LogP contribution in [0.25, 0.3) is 11.0 Å². The van der Waals surface area contributed by atoms with Crippen molar-refractivity contribution >= 4 is 28.5 Å². The van der Waals surface area contributed by atoms with Gasteiger partial charge in [-0.15, -0.1) is 0 Å². The fourth-order valence-corrected chi connectivity index (χ4v) is 3.57. The molecule has 1 N–H and O–H groups in total. The number of fused-ring (bicyclic) bond motifs is 1. The molecule has 0 spiro atoms. The zero-order valence-corrected chi connectivity index (χ0v) is 14.7. The zero-order valence-electron chi connectivity index (χ0n) is 14.7. The van der Waals surface area contributed by atoms with Crippen LogP contribution in [0.15, 0.2) is 12.3 Å². The van der Waals surface area contributed by atoms with Gasteiger partial charge in [-0.25, -0.2) is 4.98 Å². The lowest BCUT2D eigenvalue weighted by Crippen LogP contribution is -2.42. The Bertz CT molecular complexity index is 831. The van der Waals surface area contributed by atoms with Gasteiger partial charge < -0.3 is 10.2 Å². The highest BCUT2D eigenvalue weighted by molar-refractivity contribution is 5.94. The number of nitrogens with one attached hydrogen (secondary N) is 1. The van der Waals surface area contributed by atoms with Crippen LogP contribution in [0, 0.1) is 18.8 Å². The topological polar surface area (TPSA) is 80.1 Å². The van der Waals surface area contributed by atoms with Crippen LogP contribution in [0.2, 0.25) is 0 Å². The molecule has 25 heavy (non-hydrogen) atoms. The van der Waals surface area contributed by atoms with E-state index in [1.165, 1.54) is 0 Å². The minimum absolute atomic E-state index is 0.0150. The van der Waals surface area contributed by atoms with E-state index < -0.39 is 0 Å². The summed E-state index contributed by atoms with van der Waals surface area (Å²) in [5.41, 5.74) is 2.40. The molecular formula is C18H23N5O2. The minimum atomic E-state index is -0.0473. The molecule has 132 valence electrons. The van der Waals surface area contributed by atoms with E-state index in [9.17, 15) is 9.59 Å². The Balaban J connectivity index is 1.39. The number of rotatable bonds is 3. The van der Waals surface area contributed by atoms with E-state index in [0.29, 0.717) is 18.8 Å². The van der Waals surface area contributed by atoms with Gasteiger partial charge in [0.25, 0.3) is 0 Å². The van der Waals surface area contributed by atoms with E-state index >= 15 is 0 Å². The maximum Gasteiger partial charge on any atom is 0.227 e. The summed E-state index contributed by atoms with van der Waals surface area (Å²) in [6.45, 7) is 3.31. The van der Waals surface area contributed by atoms with Gasteiger partial charge in [-0.3, -0.25) is 14.3 Å². The van der Waals surface area contributed by atoms with Gasteiger partial charge in [0, 0.05) is 37.4 Å². The predicted octanol–water partition coefficient (Wildman–Crippen LogP) is 1.86. The second-order valence-electron chi connectivity index (χ2n) is 7.17. The Morgan fingerprint density at radius 3 is 2.56 bits per heavy atom. The molecule has 7 nitrogen and oxygen atoms in total. The Morgan fingerprint density at radius 2 is 1.88 bits per heavy atom. The average Bonchev–Trinajstić information content (AvgIpc) is 3.42. The van der Waals surface area contributed by atoms with Crippen LogP contribution >= 0.6 is 0 Å². The lowest BCUT2D eigenvalue weighted by atomic mass is 9.95. The summed E-state index contributed by atoms with van der Waals surface area (Å²) in [7, 11) is 1.86. The van der Waals surface area contributed by atoms with Gasteiger partial charge >= 0.3 is 0 Å². The largest absolute Gasteiger partial charge is 0.342 e. The SMILES string of the molecule is Cc1nn(C)c2ncc(NC(=O)C3CCN(C(=O)C4CC4)CC3)cc12. The number of hydrogen-bond acceptors (Lipinski definition) is 4. The number of likely N-dealkylation sites (tertiary alicyclic amines) is 1. The fraction of sp³-hybridized carbons (Fsp3) is 0.556. The monoisotopic (exact) mass is 341 g/mol. The molecule has 2 aromatic heterocycles. The molecule has 2 aromatic rings. The number of carbonyl (C=O) groups excluding carboxylic acids is 2. The second kappa shape index (κ2) is 6.13. The van der Waals surface area contributed by atoms with Crippen LogP contribution < -0.4 is 5.32 Å². The van der Waals surface area contributed by atoms with Crippen LogP contribution in [0.3, 0.4) is 0 Å². The number of piperidine rings is 1. The van der Waals surface area contributed by atoms with Crippen molar-refractivity contribution in [3.8, 4) is 0 Å². The summed E-state index contributed by atoms with van der Waals surface area (Å²) in [4.78, 5) is 31.0. The van der Waals surface area contributed by atoms with Crippen molar-refractivity contribution in [2.45, 2.75) is 32.6 Å². The zero-order chi connectivity index (χ0) is 17.6. The highest BCUT2D eigenvalue weighted by Gasteiger charge is 2.35. The van der Waals surface area contributed by atoms with Gasteiger partial charge in [0.1, 0.15) is 0 Å². The van der Waals surface area contributed by atoms with Gasteiger partial charge in [0.15, 0.2) is 5.65 Å². The first kappa shape index (κ1) is 16.1. The van der Waals surface area contributed by atoms with Crippen molar-refractivity contribution in [3.05, 3.63) is 18.0 Å². The van der Waals surface area contributed by atoms with E-state index in [-0.39, 0.29) is 23.7 Å². The van der Waals surface area contributed by atoms with Crippen molar-refractivity contribution in [2.24, 2.45) is 18.9 Å². The van der Waals surface area contributed by atoms with Gasteiger partial charge in [0.2, 0.25) is 11.8 Å². The smallest absolute Gasteiger partial charge is 0.227 e. The van der Waals surface area contributed by atoms with Crippen LogP contribution in [-0.2, 0) is 16.6 Å². The number of nitrogens with zero attached hydrogens (tertiary/aromatic N) is 4. The molecule has 3 heterocycles. The quantitative estimate of drug-likeness (QED) is 0.924. The van der Waals surface area contributed by atoms with Crippen LogP contribution in [0.5, 0.6) is 0 Å². The molecular weight excluding hydrogens is 318 g/mol. The first-order valence-electron chi connectivity index (χ1n) is 8.92. The third kappa shape index (κ3) is 3.10. The first-order chi connectivity index (χ1) is 12.0. The van der Waals surface area contributed by atoms with Crippen molar-refractivity contribution in [2.75, 3.05) is 18.4 Å². The van der Waals surface area contributed by atoms with Crippen LogP contribution in [-0.4, -0.2) is 44.6 Å². The van der Waals surface area contributed by atoms with Gasteiger partial charge in [0.05, 0.1) is 17.6 Å². The van der Waals surface area contributed by atoms with E-state index in [1.807, 2.05) is 24.9 Å². The van der Waals surface area contributed by atoms with E-state index in [4.69, 9.17) is 0 Å². The minimum Gasteiger partial charge on any atom is -0.342 e. The lowest BCUT2D eigenvalue weighted by Gasteiger charge is -2.31. The Hall–Kier alpha value is -2.44.